The summed E-state index contributed by atoms with van der Waals surface area (Å²) in [5.41, 5.74) is 4.91. The molecule has 0 aliphatic carbocycles. The summed E-state index contributed by atoms with van der Waals surface area (Å²) in [6, 6.07) is 30.1. The van der Waals surface area contributed by atoms with Crippen LogP contribution in [0.4, 0.5) is 5.69 Å². The maximum Gasteiger partial charge on any atom is 0.0735 e. The van der Waals surface area contributed by atoms with Crippen molar-refractivity contribution in [2.24, 2.45) is 0 Å². The van der Waals surface area contributed by atoms with Crippen molar-refractivity contribution in [2.75, 3.05) is 11.4 Å². The molecule has 27 heavy (non-hydrogen) atoms. The normalized spacial score (nSPS) is 20.0. The van der Waals surface area contributed by atoms with Gasteiger partial charge in [0, 0.05) is 23.7 Å². The monoisotopic (exact) mass is 357 g/mol. The van der Waals surface area contributed by atoms with Gasteiger partial charge in [-0.2, -0.15) is 0 Å². The number of rotatable bonds is 4. The van der Waals surface area contributed by atoms with Crippen molar-refractivity contribution in [1.82, 2.24) is 0 Å². The minimum Gasteiger partial charge on any atom is -0.391 e. The maximum atomic E-state index is 10.4. The average molecular weight is 357 g/mol. The molecule has 3 aromatic carbocycles. The molecule has 0 bridgehead atoms. The number of benzene rings is 3. The Balaban J connectivity index is 1.63. The molecule has 1 heterocycles. The van der Waals surface area contributed by atoms with Crippen LogP contribution in [-0.4, -0.2) is 23.8 Å². The number of para-hydroxylation sites is 1. The molecule has 1 aliphatic heterocycles. The molecule has 0 amide bonds. The molecule has 1 aliphatic rings. The lowest BCUT2D eigenvalue weighted by molar-refractivity contribution is 0.188. The fourth-order valence-corrected chi connectivity index (χ4v) is 4.32. The zero-order valence-corrected chi connectivity index (χ0v) is 16.0. The molecule has 3 aromatic rings. The number of hydrogen-bond donors (Lipinski definition) is 1. The van der Waals surface area contributed by atoms with E-state index < -0.39 is 0 Å². The molecule has 0 spiro atoms. The predicted molar refractivity (Wildman–Crippen MR) is 113 cm³/mol. The topological polar surface area (TPSA) is 23.5 Å². The highest BCUT2D eigenvalue weighted by molar-refractivity contribution is 5.64. The van der Waals surface area contributed by atoms with Gasteiger partial charge in [-0.15, -0.1) is 0 Å². The maximum absolute atomic E-state index is 10.4. The number of aliphatic hydroxyl groups is 1. The molecule has 1 fully saturated rings. The van der Waals surface area contributed by atoms with E-state index in [1.54, 1.807) is 0 Å². The van der Waals surface area contributed by atoms with Gasteiger partial charge >= 0.3 is 0 Å². The lowest BCUT2D eigenvalue weighted by atomic mass is 9.76. The Bertz CT molecular complexity index is 871. The number of anilines is 1. The molecule has 2 atom stereocenters. The van der Waals surface area contributed by atoms with Crippen LogP contribution < -0.4 is 4.90 Å². The number of nitrogens with zero attached hydrogens (tertiary/aromatic N) is 1. The number of β-amino-alcohol motifs (C(OH)–C–C–N with tert-alkyl or cyclic N) is 1. The van der Waals surface area contributed by atoms with Gasteiger partial charge in [0.2, 0.25) is 0 Å². The second-order valence-corrected chi connectivity index (χ2v) is 8.06. The van der Waals surface area contributed by atoms with Crippen LogP contribution in [0.3, 0.4) is 0 Å². The summed E-state index contributed by atoms with van der Waals surface area (Å²) in [7, 11) is 0. The highest BCUT2D eigenvalue weighted by Crippen LogP contribution is 2.39. The summed E-state index contributed by atoms with van der Waals surface area (Å²) in [4.78, 5) is 2.37. The van der Waals surface area contributed by atoms with E-state index >= 15 is 0 Å². The highest BCUT2D eigenvalue weighted by atomic mass is 16.3. The van der Waals surface area contributed by atoms with Crippen LogP contribution in [0.5, 0.6) is 0 Å². The van der Waals surface area contributed by atoms with Crippen molar-refractivity contribution in [1.29, 1.82) is 0 Å². The molecule has 2 nitrogen and oxygen atoms in total. The van der Waals surface area contributed by atoms with E-state index in [0.29, 0.717) is 6.54 Å². The van der Waals surface area contributed by atoms with Gasteiger partial charge < -0.3 is 10.0 Å². The van der Waals surface area contributed by atoms with Crippen molar-refractivity contribution in [2.45, 2.75) is 37.8 Å². The second-order valence-electron chi connectivity index (χ2n) is 8.06. The van der Waals surface area contributed by atoms with Gasteiger partial charge in [0.1, 0.15) is 0 Å². The summed E-state index contributed by atoms with van der Waals surface area (Å²) in [5, 5.41) is 10.4. The summed E-state index contributed by atoms with van der Waals surface area (Å²) < 4.78 is 0. The van der Waals surface area contributed by atoms with Crippen molar-refractivity contribution >= 4 is 5.69 Å². The van der Waals surface area contributed by atoms with Crippen LogP contribution in [0, 0.1) is 0 Å². The lowest BCUT2D eigenvalue weighted by Crippen LogP contribution is -2.44. The molecule has 4 rings (SSSR count). The predicted octanol–water partition coefficient (Wildman–Crippen LogP) is 5.27. The zero-order chi connectivity index (χ0) is 18.9. The van der Waals surface area contributed by atoms with E-state index in [1.165, 1.54) is 22.4 Å². The molecule has 0 radical (unpaired) electrons. The van der Waals surface area contributed by atoms with E-state index in [0.717, 1.165) is 6.42 Å². The van der Waals surface area contributed by atoms with E-state index in [9.17, 15) is 5.11 Å². The molecular weight excluding hydrogens is 330 g/mol. The van der Waals surface area contributed by atoms with Gasteiger partial charge in [0.05, 0.1) is 6.10 Å². The molecule has 1 N–H and O–H groups in total. The minimum atomic E-state index is -0.280. The third-order valence-corrected chi connectivity index (χ3v) is 5.94. The standard InChI is InChI=1S/C25H27NO/c1-25(2,21-15-13-20(14-16-21)19-9-5-3-6-10-19)24-17-23(27)18-26(24)22-11-7-4-8-12-22/h3-16,23-24,27H,17-18H2,1-2H3/t23-,24+/m1/s1. The van der Waals surface area contributed by atoms with Gasteiger partial charge in [-0.25, -0.2) is 0 Å². The lowest BCUT2D eigenvalue weighted by Gasteiger charge is -2.39. The van der Waals surface area contributed by atoms with Crippen LogP contribution in [0.15, 0.2) is 84.9 Å². The van der Waals surface area contributed by atoms with E-state index in [-0.39, 0.29) is 17.6 Å². The molecule has 0 aromatic heterocycles. The molecule has 1 saturated heterocycles. The largest absolute Gasteiger partial charge is 0.391 e. The summed E-state index contributed by atoms with van der Waals surface area (Å²) >= 11 is 0. The molecule has 0 unspecified atom stereocenters. The third-order valence-electron chi connectivity index (χ3n) is 5.94. The van der Waals surface area contributed by atoms with Gasteiger partial charge in [-0.1, -0.05) is 86.6 Å². The first-order valence-corrected chi connectivity index (χ1v) is 9.71. The van der Waals surface area contributed by atoms with Crippen molar-refractivity contribution in [3.8, 4) is 11.1 Å². The van der Waals surface area contributed by atoms with Gasteiger partial charge in [0.25, 0.3) is 0 Å². The Morgan fingerprint density at radius 3 is 1.96 bits per heavy atom. The van der Waals surface area contributed by atoms with Crippen molar-refractivity contribution in [3.63, 3.8) is 0 Å². The first-order valence-electron chi connectivity index (χ1n) is 9.71. The van der Waals surface area contributed by atoms with Gasteiger partial charge in [-0.3, -0.25) is 0 Å². The molecule has 2 heteroatoms. The Kier molecular flexibility index (Phi) is 4.75. The summed E-state index contributed by atoms with van der Waals surface area (Å²) in [6.07, 6.45) is 0.514. The summed E-state index contributed by atoms with van der Waals surface area (Å²) in [5.74, 6) is 0. The Morgan fingerprint density at radius 1 is 0.778 bits per heavy atom. The third kappa shape index (κ3) is 3.50. The quantitative estimate of drug-likeness (QED) is 0.687. The van der Waals surface area contributed by atoms with Gasteiger partial charge in [0.15, 0.2) is 0 Å². The first-order chi connectivity index (χ1) is 13.1. The smallest absolute Gasteiger partial charge is 0.0735 e. The van der Waals surface area contributed by atoms with Crippen LogP contribution in [-0.2, 0) is 5.41 Å². The van der Waals surface area contributed by atoms with E-state index in [1.807, 2.05) is 12.1 Å². The number of aliphatic hydroxyl groups excluding tert-OH is 1. The van der Waals surface area contributed by atoms with Gasteiger partial charge in [-0.05, 0) is 35.2 Å². The van der Waals surface area contributed by atoms with Crippen LogP contribution in [0.2, 0.25) is 0 Å². The molecule has 0 saturated carbocycles. The highest BCUT2D eigenvalue weighted by Gasteiger charge is 2.42. The van der Waals surface area contributed by atoms with Crippen molar-refractivity contribution in [3.05, 3.63) is 90.5 Å². The zero-order valence-electron chi connectivity index (χ0n) is 16.0. The molecular formula is C25H27NO. The van der Waals surface area contributed by atoms with Crippen LogP contribution in [0.1, 0.15) is 25.8 Å². The molecule has 138 valence electrons. The van der Waals surface area contributed by atoms with Crippen LogP contribution in [0.25, 0.3) is 11.1 Å². The Labute approximate surface area is 162 Å². The average Bonchev–Trinajstić information content (AvgIpc) is 3.12. The Hall–Kier alpha value is -2.58. The fourth-order valence-electron chi connectivity index (χ4n) is 4.32. The Morgan fingerprint density at radius 2 is 1.33 bits per heavy atom. The SMILES string of the molecule is CC(C)(c1ccc(-c2ccccc2)cc1)[C@@H]1C[C@@H](O)CN1c1ccccc1. The van der Waals surface area contributed by atoms with E-state index in [2.05, 4.69) is 91.5 Å². The summed E-state index contributed by atoms with van der Waals surface area (Å²) in [6.45, 7) is 5.28. The second kappa shape index (κ2) is 7.21. The number of hydrogen-bond acceptors (Lipinski definition) is 2. The fraction of sp³-hybridized carbons (Fsp3) is 0.280. The van der Waals surface area contributed by atoms with Crippen LogP contribution >= 0.6 is 0 Å². The van der Waals surface area contributed by atoms with E-state index in [4.69, 9.17) is 0 Å². The first kappa shape index (κ1) is 17.8. The minimum absolute atomic E-state index is 0.0669. The van der Waals surface area contributed by atoms with Crippen molar-refractivity contribution < 1.29 is 5.11 Å².